The number of aliphatic hydroxyl groups is 2. The molecular weight excluding hydrogens is 750 g/mol. The molecule has 1 aliphatic heterocycles. The van der Waals surface area contributed by atoms with E-state index in [0.717, 1.165) is 47.7 Å². The highest BCUT2D eigenvalue weighted by atomic mass is 32.2. The number of esters is 1. The molecule has 15 heteroatoms. The van der Waals surface area contributed by atoms with Crippen molar-refractivity contribution < 1.29 is 45.8 Å². The Morgan fingerprint density at radius 3 is 1.78 bits per heavy atom. The number of nitrogens with zero attached hydrogens (tertiary/aromatic N) is 1. The third kappa shape index (κ3) is 14.1. The molecule has 1 fully saturated rings. The number of halogens is 1. The van der Waals surface area contributed by atoms with E-state index >= 15 is 0 Å². The molecule has 1 heterocycles. The van der Waals surface area contributed by atoms with E-state index in [1.165, 1.54) is 19.1 Å². The molecule has 1 amide bonds. The second-order valence-corrected chi connectivity index (χ2v) is 18.2. The fourth-order valence-electron chi connectivity index (χ4n) is 6.95. The van der Waals surface area contributed by atoms with E-state index in [0.29, 0.717) is 44.1 Å². The van der Waals surface area contributed by atoms with Crippen molar-refractivity contribution in [3.63, 3.8) is 0 Å². The van der Waals surface area contributed by atoms with Crippen LogP contribution in [0.1, 0.15) is 79.8 Å². The fourth-order valence-corrected chi connectivity index (χ4v) is 8.03. The van der Waals surface area contributed by atoms with Gasteiger partial charge in [0.25, 0.3) is 0 Å². The largest absolute Gasteiger partial charge is 0.458 e. The number of carbonyl (C=O) groups is 2. The molecule has 1 saturated heterocycles. The lowest BCUT2D eigenvalue weighted by molar-refractivity contribution is -0.147. The number of aliphatic hydroxyl groups excluding tert-OH is 2. The molecule has 0 bridgehead atoms. The molecule has 12 nitrogen and oxygen atoms in total. The van der Waals surface area contributed by atoms with Crippen molar-refractivity contribution in [3.05, 3.63) is 101 Å². The van der Waals surface area contributed by atoms with Crippen molar-refractivity contribution in [1.29, 1.82) is 0 Å². The van der Waals surface area contributed by atoms with Gasteiger partial charge in [0, 0.05) is 44.8 Å². The van der Waals surface area contributed by atoms with Gasteiger partial charge in [-0.3, -0.25) is 9.59 Å². The molecule has 3 aromatic carbocycles. The van der Waals surface area contributed by atoms with Gasteiger partial charge in [0.1, 0.15) is 11.9 Å². The highest BCUT2D eigenvalue weighted by Gasteiger charge is 2.48. The van der Waals surface area contributed by atoms with Crippen LogP contribution in [0.5, 0.6) is 0 Å². The number of β-lactam (4-membered cyclic amide) rings is 1. The second-order valence-electron chi connectivity index (χ2n) is 14.5. The van der Waals surface area contributed by atoms with Crippen molar-refractivity contribution in [2.75, 3.05) is 43.7 Å². The van der Waals surface area contributed by atoms with Crippen LogP contribution in [-0.4, -0.2) is 77.7 Å². The third-order valence-electron chi connectivity index (χ3n) is 9.98. The van der Waals surface area contributed by atoms with Crippen LogP contribution in [0.4, 0.5) is 10.1 Å². The highest BCUT2D eigenvalue weighted by molar-refractivity contribution is 7.89. The number of rotatable bonds is 23. The first-order valence-electron chi connectivity index (χ1n) is 18.6. The Hall–Kier alpha value is -3.73. The summed E-state index contributed by atoms with van der Waals surface area (Å²) in [5.41, 5.74) is 4.42. The van der Waals surface area contributed by atoms with Crippen LogP contribution in [0.3, 0.4) is 0 Å². The molecule has 0 aromatic heterocycles. The number of anilines is 1. The summed E-state index contributed by atoms with van der Waals surface area (Å²) in [6.45, 7) is 1.43. The van der Waals surface area contributed by atoms with Crippen LogP contribution in [0.15, 0.2) is 72.8 Å². The number of nitrogens with one attached hydrogen (secondary N) is 2. The second kappa shape index (κ2) is 20.4. The molecular formula is C40H54FN3O9S2. The van der Waals surface area contributed by atoms with Crippen molar-refractivity contribution >= 4 is 37.6 Å². The average molecular weight is 804 g/mol. The summed E-state index contributed by atoms with van der Waals surface area (Å²) in [4.78, 5) is 27.7. The summed E-state index contributed by atoms with van der Waals surface area (Å²) in [6, 6.07) is 21.3. The molecule has 0 spiro atoms. The zero-order valence-electron chi connectivity index (χ0n) is 31.7. The Balaban J connectivity index is 1.49. The Labute approximate surface area is 324 Å². The summed E-state index contributed by atoms with van der Waals surface area (Å²) in [5.74, 6) is -1.73. The van der Waals surface area contributed by atoms with Crippen molar-refractivity contribution in [2.45, 2.75) is 70.4 Å². The van der Waals surface area contributed by atoms with Gasteiger partial charge in [-0.05, 0) is 104 Å². The van der Waals surface area contributed by atoms with Crippen LogP contribution < -0.4 is 14.3 Å². The lowest BCUT2D eigenvalue weighted by atomic mass is 9.78. The minimum atomic E-state index is -3.44. The number of aryl methyl sites for hydroxylation is 2. The van der Waals surface area contributed by atoms with E-state index in [1.54, 1.807) is 17.0 Å². The third-order valence-corrected chi connectivity index (χ3v) is 11.4. The predicted octanol–water partition coefficient (Wildman–Crippen LogP) is 4.58. The van der Waals surface area contributed by atoms with Gasteiger partial charge in [0.15, 0.2) is 0 Å². The maximum Gasteiger partial charge on any atom is 0.303 e. The predicted molar refractivity (Wildman–Crippen MR) is 209 cm³/mol. The topological polar surface area (TPSA) is 179 Å². The lowest BCUT2D eigenvalue weighted by Crippen LogP contribution is -2.55. The van der Waals surface area contributed by atoms with Crippen molar-refractivity contribution in [2.24, 2.45) is 17.8 Å². The van der Waals surface area contributed by atoms with E-state index in [1.807, 2.05) is 48.5 Å². The molecule has 0 aliphatic carbocycles. The molecule has 0 saturated carbocycles. The van der Waals surface area contributed by atoms with E-state index in [2.05, 4.69) is 9.44 Å². The standard InChI is InChI=1S/C40H54FN3O9S2/c1-28(47)53-38(33-16-18-35(41)19-17-33)23-22-37-39(34-14-10-29(11-15-34)7-5-9-32(26-45)27-46)44(40(37)48)36-20-12-30(13-21-36)6-4-8-31(24-42-54(2,49)50)25-43-55(3,51)52/h10-21,31-32,37-39,42-43,45-46H,4-9,22-27H2,1-3H3/t37-,38?,39-/m1/s1. The Bertz CT molecular complexity index is 1870. The quantitative estimate of drug-likeness (QED) is 0.0790. The maximum atomic E-state index is 13.9. The van der Waals surface area contributed by atoms with Gasteiger partial charge in [0.2, 0.25) is 26.0 Å². The lowest BCUT2D eigenvalue weighted by Gasteiger charge is -2.48. The van der Waals surface area contributed by atoms with Crippen LogP contribution in [0, 0.1) is 23.6 Å². The molecule has 302 valence electrons. The van der Waals surface area contributed by atoms with Crippen LogP contribution >= 0.6 is 0 Å². The zero-order valence-corrected chi connectivity index (χ0v) is 33.3. The maximum absolute atomic E-state index is 13.9. The Kier molecular flexibility index (Phi) is 16.3. The van der Waals surface area contributed by atoms with Crippen LogP contribution in [0.25, 0.3) is 0 Å². The minimum Gasteiger partial charge on any atom is -0.458 e. The van der Waals surface area contributed by atoms with Gasteiger partial charge in [-0.1, -0.05) is 48.5 Å². The Morgan fingerprint density at radius 2 is 1.29 bits per heavy atom. The van der Waals surface area contributed by atoms with Gasteiger partial charge in [-0.25, -0.2) is 30.7 Å². The van der Waals surface area contributed by atoms with Crippen LogP contribution in [0.2, 0.25) is 0 Å². The van der Waals surface area contributed by atoms with Gasteiger partial charge < -0.3 is 19.8 Å². The highest BCUT2D eigenvalue weighted by Crippen LogP contribution is 2.46. The molecule has 3 aromatic rings. The Morgan fingerprint density at radius 1 is 0.782 bits per heavy atom. The summed E-state index contributed by atoms with van der Waals surface area (Å²) >= 11 is 0. The molecule has 1 unspecified atom stereocenters. The number of amides is 1. The molecule has 55 heavy (non-hydrogen) atoms. The smallest absolute Gasteiger partial charge is 0.303 e. The summed E-state index contributed by atoms with van der Waals surface area (Å²) in [7, 11) is -6.88. The van der Waals surface area contributed by atoms with Crippen molar-refractivity contribution in [1.82, 2.24) is 9.44 Å². The molecule has 3 atom stereocenters. The number of ether oxygens (including phenoxy) is 1. The fraction of sp³-hybridized carbons (Fsp3) is 0.500. The molecule has 4 rings (SSSR count). The number of carbonyl (C=O) groups excluding carboxylic acids is 2. The zero-order chi connectivity index (χ0) is 40.2. The van der Waals surface area contributed by atoms with Gasteiger partial charge in [-0.15, -0.1) is 0 Å². The first-order valence-corrected chi connectivity index (χ1v) is 22.4. The monoisotopic (exact) mass is 803 g/mol. The first kappa shape index (κ1) is 44.0. The van der Waals surface area contributed by atoms with Gasteiger partial charge >= 0.3 is 5.97 Å². The SMILES string of the molecule is CC(=O)OC(CC[C@H]1C(=O)N(c2ccc(CCCC(CNS(C)(=O)=O)CNS(C)(=O)=O)cc2)[C@@H]1c1ccc(CCCC(CO)CO)cc1)c1ccc(F)cc1. The number of hydrogen-bond acceptors (Lipinski definition) is 9. The number of benzene rings is 3. The molecule has 4 N–H and O–H groups in total. The van der Waals surface area contributed by atoms with E-state index in [9.17, 15) is 41.0 Å². The molecule has 0 radical (unpaired) electrons. The number of sulfonamides is 2. The van der Waals surface area contributed by atoms with E-state index in [4.69, 9.17) is 4.74 Å². The van der Waals surface area contributed by atoms with Gasteiger partial charge in [0.05, 0.1) is 24.5 Å². The average Bonchev–Trinajstić information content (AvgIpc) is 3.13. The summed E-state index contributed by atoms with van der Waals surface area (Å²) in [5, 5.41) is 18.8. The normalized spacial score (nSPS) is 16.7. The van der Waals surface area contributed by atoms with Crippen LogP contribution in [-0.2, 0) is 47.2 Å². The summed E-state index contributed by atoms with van der Waals surface area (Å²) in [6.07, 6.45) is 6.47. The van der Waals surface area contributed by atoms with E-state index < -0.39 is 43.9 Å². The minimum absolute atomic E-state index is 0.0562. The van der Waals surface area contributed by atoms with Gasteiger partial charge in [-0.2, -0.15) is 0 Å². The van der Waals surface area contributed by atoms with Crippen molar-refractivity contribution in [3.8, 4) is 0 Å². The van der Waals surface area contributed by atoms with E-state index in [-0.39, 0.29) is 50.1 Å². The molecule has 1 aliphatic rings. The number of hydrogen-bond donors (Lipinski definition) is 4. The summed E-state index contributed by atoms with van der Waals surface area (Å²) < 4.78 is 70.8. The first-order chi connectivity index (χ1) is 26.1.